The van der Waals surface area contributed by atoms with Crippen molar-refractivity contribution in [2.75, 3.05) is 5.32 Å². The summed E-state index contributed by atoms with van der Waals surface area (Å²) in [6.07, 6.45) is 1.37. The summed E-state index contributed by atoms with van der Waals surface area (Å²) in [6, 6.07) is 15.4. The number of hydrogen-bond acceptors (Lipinski definition) is 12. The first kappa shape index (κ1) is 34.0. The normalized spacial score (nSPS) is 13.8. The summed E-state index contributed by atoms with van der Waals surface area (Å²) in [6.45, 7) is 11.3. The molecule has 5 N–H and O–H groups in total. The van der Waals surface area contributed by atoms with Crippen molar-refractivity contribution in [2.45, 2.75) is 78.4 Å². The van der Waals surface area contributed by atoms with Crippen molar-refractivity contribution < 1.29 is 28.6 Å². The predicted octanol–water partition coefficient (Wildman–Crippen LogP) is 4.71. The van der Waals surface area contributed by atoms with Crippen molar-refractivity contribution in [1.82, 2.24) is 19.5 Å². The molecule has 2 aromatic heterocycles. The third-order valence-electron chi connectivity index (χ3n) is 7.33. The third kappa shape index (κ3) is 8.23. The number of fused-ring (bicyclic) bond motifs is 1. The minimum Gasteiger partial charge on any atom is -0.459 e. The number of esters is 2. The fourth-order valence-corrected chi connectivity index (χ4v) is 4.59. The zero-order valence-electron chi connectivity index (χ0n) is 26.9. The molecule has 46 heavy (non-hydrogen) atoms. The Bertz CT molecular complexity index is 1680. The Kier molecular flexibility index (Phi) is 10.1. The average molecular weight is 632 g/mol. The Morgan fingerprint density at radius 1 is 0.913 bits per heavy atom. The number of nitrogens with two attached hydrogens (primary N) is 2. The standard InChI is InChI=1S/C33H41N7O6/c1-31(2,3)33(35,16-24(41)45-30(43)44-18-22-10-8-7-9-11-22)40-20-39-26-27(37-19-38-28(26)40)36-17-21-12-14-23(15-13-21)25(34)29(42)46-32(4,5)6/h7-15,19-20,25H,16-18,34-35H2,1-6H3,(H,36,37,38)/t25-,33-/m1/s1. The maximum Gasteiger partial charge on any atom is 0.516 e. The highest BCUT2D eigenvalue weighted by Crippen LogP contribution is 2.38. The molecule has 0 saturated heterocycles. The Balaban J connectivity index is 1.46. The summed E-state index contributed by atoms with van der Waals surface area (Å²) in [7, 11) is 0. The lowest BCUT2D eigenvalue weighted by molar-refractivity contribution is -0.156. The van der Waals surface area contributed by atoms with Crippen molar-refractivity contribution in [3.8, 4) is 0 Å². The fourth-order valence-electron chi connectivity index (χ4n) is 4.59. The molecule has 0 fully saturated rings. The molecule has 2 heterocycles. The number of anilines is 1. The maximum absolute atomic E-state index is 12.9. The van der Waals surface area contributed by atoms with E-state index in [9.17, 15) is 14.4 Å². The highest BCUT2D eigenvalue weighted by molar-refractivity contribution is 5.84. The van der Waals surface area contributed by atoms with Crippen molar-refractivity contribution >= 4 is 35.1 Å². The molecule has 0 radical (unpaired) electrons. The van der Waals surface area contributed by atoms with Crippen LogP contribution >= 0.6 is 0 Å². The van der Waals surface area contributed by atoms with Crippen LogP contribution in [0.3, 0.4) is 0 Å². The molecule has 2 aromatic carbocycles. The van der Waals surface area contributed by atoms with Crippen molar-refractivity contribution in [2.24, 2.45) is 16.9 Å². The molecule has 0 aliphatic rings. The summed E-state index contributed by atoms with van der Waals surface area (Å²) in [5.74, 6) is -0.916. The molecule has 4 aromatic rings. The fraction of sp³-hybridized carbons (Fsp3) is 0.394. The quantitative estimate of drug-likeness (QED) is 0.162. The van der Waals surface area contributed by atoms with Gasteiger partial charge in [-0.25, -0.2) is 24.5 Å². The summed E-state index contributed by atoms with van der Waals surface area (Å²) >= 11 is 0. The van der Waals surface area contributed by atoms with E-state index in [0.717, 1.165) is 11.1 Å². The Hall–Kier alpha value is -4.88. The topological polar surface area (TPSA) is 187 Å². The van der Waals surface area contributed by atoms with Crippen molar-refractivity contribution in [1.29, 1.82) is 0 Å². The molecule has 13 heteroatoms. The van der Waals surface area contributed by atoms with Gasteiger partial charge in [-0.1, -0.05) is 75.4 Å². The monoisotopic (exact) mass is 631 g/mol. The van der Waals surface area contributed by atoms with Gasteiger partial charge in [-0.15, -0.1) is 0 Å². The number of hydrogen-bond donors (Lipinski definition) is 3. The lowest BCUT2D eigenvalue weighted by Crippen LogP contribution is -2.54. The van der Waals surface area contributed by atoms with Gasteiger partial charge in [-0.2, -0.15) is 0 Å². The van der Waals surface area contributed by atoms with E-state index in [4.69, 9.17) is 25.7 Å². The molecular formula is C33H41N7O6. The lowest BCUT2D eigenvalue weighted by atomic mass is 9.78. The van der Waals surface area contributed by atoms with E-state index in [2.05, 4.69) is 20.3 Å². The van der Waals surface area contributed by atoms with E-state index in [1.54, 1.807) is 49.6 Å². The van der Waals surface area contributed by atoms with Crippen LogP contribution in [0.25, 0.3) is 11.2 Å². The molecule has 0 unspecified atom stereocenters. The van der Waals surface area contributed by atoms with Crippen LogP contribution in [0, 0.1) is 5.41 Å². The first-order valence-corrected chi connectivity index (χ1v) is 14.8. The number of carbonyl (C=O) groups excluding carboxylic acids is 3. The number of ether oxygens (including phenoxy) is 3. The molecule has 0 saturated carbocycles. The SMILES string of the molecule is CC(C)(C)OC(=O)[C@H](N)c1ccc(CNc2ncnc3c2ncn3[C@](N)(CC(=O)OC(=O)OCc2ccccc2)C(C)(C)C)cc1. The summed E-state index contributed by atoms with van der Waals surface area (Å²) < 4.78 is 17.0. The van der Waals surface area contributed by atoms with Gasteiger partial charge in [0.25, 0.3) is 0 Å². The molecule has 0 amide bonds. The van der Waals surface area contributed by atoms with Gasteiger partial charge in [0.2, 0.25) is 0 Å². The average Bonchev–Trinajstić information content (AvgIpc) is 3.43. The zero-order chi connectivity index (χ0) is 33.7. The smallest absolute Gasteiger partial charge is 0.459 e. The largest absolute Gasteiger partial charge is 0.516 e. The minimum absolute atomic E-state index is 0.0391. The van der Waals surface area contributed by atoms with Gasteiger partial charge in [0.1, 0.15) is 35.8 Å². The molecule has 13 nitrogen and oxygen atoms in total. The molecular weight excluding hydrogens is 590 g/mol. The van der Waals surface area contributed by atoms with Crippen LogP contribution in [0.1, 0.15) is 70.7 Å². The van der Waals surface area contributed by atoms with E-state index in [1.165, 1.54) is 12.7 Å². The van der Waals surface area contributed by atoms with E-state index < -0.39 is 40.8 Å². The van der Waals surface area contributed by atoms with Crippen LogP contribution in [-0.4, -0.2) is 43.2 Å². The van der Waals surface area contributed by atoms with E-state index in [0.29, 0.717) is 29.1 Å². The second-order valence-corrected chi connectivity index (χ2v) is 13.0. The van der Waals surface area contributed by atoms with E-state index in [-0.39, 0.29) is 13.0 Å². The number of benzene rings is 2. The Labute approximate surface area is 267 Å². The zero-order valence-corrected chi connectivity index (χ0v) is 26.9. The number of imidazole rings is 1. The van der Waals surface area contributed by atoms with E-state index in [1.807, 2.05) is 51.1 Å². The highest BCUT2D eigenvalue weighted by atomic mass is 16.7. The molecule has 244 valence electrons. The van der Waals surface area contributed by atoms with Crippen molar-refractivity contribution in [3.05, 3.63) is 83.9 Å². The molecule has 0 aliphatic carbocycles. The molecule has 0 aliphatic heterocycles. The molecule has 0 bridgehead atoms. The van der Waals surface area contributed by atoms with Crippen LogP contribution in [0.5, 0.6) is 0 Å². The summed E-state index contributed by atoms with van der Waals surface area (Å²) in [5.41, 5.74) is 13.4. The Morgan fingerprint density at radius 2 is 1.59 bits per heavy atom. The van der Waals surface area contributed by atoms with Crippen LogP contribution in [-0.2, 0) is 42.6 Å². The third-order valence-corrected chi connectivity index (χ3v) is 7.33. The number of rotatable bonds is 10. The summed E-state index contributed by atoms with van der Waals surface area (Å²) in [5, 5.41) is 3.26. The van der Waals surface area contributed by atoms with Gasteiger partial charge in [0, 0.05) is 6.54 Å². The number of nitrogens with one attached hydrogen (secondary N) is 1. The first-order valence-electron chi connectivity index (χ1n) is 14.8. The van der Waals surface area contributed by atoms with Crippen LogP contribution in [0.15, 0.2) is 67.3 Å². The van der Waals surface area contributed by atoms with Gasteiger partial charge < -0.3 is 31.0 Å². The molecule has 2 atom stereocenters. The van der Waals surface area contributed by atoms with E-state index >= 15 is 0 Å². The van der Waals surface area contributed by atoms with Crippen LogP contribution < -0.4 is 16.8 Å². The van der Waals surface area contributed by atoms with Gasteiger partial charge in [0.05, 0.1) is 12.7 Å². The number of carbonyl (C=O) groups is 3. The minimum atomic E-state index is -1.40. The van der Waals surface area contributed by atoms with Gasteiger partial charge in [0.15, 0.2) is 11.5 Å². The van der Waals surface area contributed by atoms with Crippen LogP contribution in [0.2, 0.25) is 0 Å². The van der Waals surface area contributed by atoms with Gasteiger partial charge >= 0.3 is 18.1 Å². The first-order chi connectivity index (χ1) is 21.6. The summed E-state index contributed by atoms with van der Waals surface area (Å²) in [4.78, 5) is 50.8. The molecule has 4 rings (SSSR count). The van der Waals surface area contributed by atoms with Gasteiger partial charge in [-0.05, 0) is 42.9 Å². The number of nitrogens with zero attached hydrogens (tertiary/aromatic N) is 4. The second kappa shape index (κ2) is 13.6. The van der Waals surface area contributed by atoms with Crippen molar-refractivity contribution in [3.63, 3.8) is 0 Å². The van der Waals surface area contributed by atoms with Crippen LogP contribution in [0.4, 0.5) is 10.6 Å². The Morgan fingerprint density at radius 3 is 2.22 bits per heavy atom. The maximum atomic E-state index is 12.9. The second-order valence-electron chi connectivity index (χ2n) is 13.0. The number of aromatic nitrogens is 4. The lowest BCUT2D eigenvalue weighted by Gasteiger charge is -2.41. The predicted molar refractivity (Wildman–Crippen MR) is 171 cm³/mol. The molecule has 0 spiro atoms. The highest BCUT2D eigenvalue weighted by Gasteiger charge is 2.44. The van der Waals surface area contributed by atoms with Gasteiger partial charge in [-0.3, -0.25) is 9.36 Å².